The average Bonchev–Trinajstić information content (AvgIpc) is 2.65. The lowest BCUT2D eigenvalue weighted by Gasteiger charge is -2.22. The van der Waals surface area contributed by atoms with E-state index >= 15 is 0 Å². The van der Waals surface area contributed by atoms with Crippen molar-refractivity contribution in [1.29, 1.82) is 0 Å². The second-order valence-electron chi connectivity index (χ2n) is 4.26. The zero-order valence-electron chi connectivity index (χ0n) is 7.51. The summed E-state index contributed by atoms with van der Waals surface area (Å²) in [4.78, 5) is 0. The summed E-state index contributed by atoms with van der Waals surface area (Å²) in [5, 5.41) is 9.06. The predicted octanol–water partition coefficient (Wildman–Crippen LogP) is 1.13. The van der Waals surface area contributed by atoms with Gasteiger partial charge in [0, 0.05) is 11.5 Å². The molecule has 1 fully saturated rings. The first-order valence-electron chi connectivity index (χ1n) is 4.47. The fourth-order valence-electron chi connectivity index (χ4n) is 1.56. The highest BCUT2D eigenvalue weighted by atomic mass is 16.3. The minimum Gasteiger partial charge on any atom is -0.396 e. The summed E-state index contributed by atoms with van der Waals surface area (Å²) in [6.07, 6.45) is 3.29. The van der Waals surface area contributed by atoms with Gasteiger partial charge in [-0.05, 0) is 25.2 Å². The quantitative estimate of drug-likeness (QED) is 0.642. The molecule has 1 aliphatic carbocycles. The van der Waals surface area contributed by atoms with Gasteiger partial charge >= 0.3 is 0 Å². The normalized spacial score (nSPS) is 23.7. The Labute approximate surface area is 68.8 Å². The fraction of sp³-hybridized carbons (Fsp3) is 1.00. The maximum absolute atomic E-state index is 9.06. The second kappa shape index (κ2) is 3.11. The van der Waals surface area contributed by atoms with Crippen LogP contribution in [0.4, 0.5) is 0 Å². The van der Waals surface area contributed by atoms with Gasteiger partial charge in [0.05, 0.1) is 6.61 Å². The van der Waals surface area contributed by atoms with Crippen molar-refractivity contribution >= 4 is 0 Å². The van der Waals surface area contributed by atoms with Crippen LogP contribution >= 0.6 is 0 Å². The van der Waals surface area contributed by atoms with Crippen molar-refractivity contribution in [1.82, 2.24) is 0 Å². The van der Waals surface area contributed by atoms with E-state index in [1.807, 2.05) is 0 Å². The van der Waals surface area contributed by atoms with Crippen LogP contribution in [0.5, 0.6) is 0 Å². The molecule has 0 bridgehead atoms. The van der Waals surface area contributed by atoms with Crippen LogP contribution < -0.4 is 5.73 Å². The zero-order chi connectivity index (χ0) is 8.48. The van der Waals surface area contributed by atoms with Gasteiger partial charge in [-0.3, -0.25) is 0 Å². The lowest BCUT2D eigenvalue weighted by Crippen LogP contribution is -2.35. The average molecular weight is 157 g/mol. The molecule has 2 nitrogen and oxygen atoms in total. The van der Waals surface area contributed by atoms with Crippen molar-refractivity contribution in [2.75, 3.05) is 6.61 Å². The molecule has 66 valence electrons. The first kappa shape index (κ1) is 9.01. The van der Waals surface area contributed by atoms with E-state index in [4.69, 9.17) is 10.8 Å². The predicted molar refractivity (Wildman–Crippen MR) is 46.2 cm³/mol. The van der Waals surface area contributed by atoms with Gasteiger partial charge in [0.25, 0.3) is 0 Å². The van der Waals surface area contributed by atoms with Crippen molar-refractivity contribution in [3.8, 4) is 0 Å². The molecule has 1 unspecified atom stereocenters. The fourth-order valence-corrected chi connectivity index (χ4v) is 1.56. The Bertz CT molecular complexity index is 130. The number of aliphatic hydroxyl groups excluding tert-OH is 1. The Kier molecular flexibility index (Phi) is 2.55. The molecule has 0 aliphatic heterocycles. The molecule has 0 aromatic carbocycles. The van der Waals surface area contributed by atoms with Crippen LogP contribution in [0.3, 0.4) is 0 Å². The summed E-state index contributed by atoms with van der Waals surface area (Å²) >= 11 is 0. The molecule has 0 spiro atoms. The van der Waals surface area contributed by atoms with E-state index in [1.54, 1.807) is 0 Å². The molecule has 0 aromatic rings. The lowest BCUT2D eigenvalue weighted by molar-refractivity contribution is 0.177. The third kappa shape index (κ3) is 1.94. The van der Waals surface area contributed by atoms with Crippen LogP contribution in [0, 0.1) is 11.3 Å². The molecule has 0 aromatic heterocycles. The highest BCUT2D eigenvalue weighted by molar-refractivity contribution is 5.00. The van der Waals surface area contributed by atoms with Crippen LogP contribution in [-0.4, -0.2) is 17.8 Å². The van der Waals surface area contributed by atoms with Gasteiger partial charge < -0.3 is 10.8 Å². The molecule has 1 rings (SSSR count). The van der Waals surface area contributed by atoms with Gasteiger partial charge in [0.1, 0.15) is 0 Å². The Hall–Kier alpha value is -0.0800. The first-order valence-corrected chi connectivity index (χ1v) is 4.47. The molecule has 1 saturated carbocycles. The summed E-state index contributed by atoms with van der Waals surface area (Å²) in [7, 11) is 0. The Balaban J connectivity index is 2.34. The highest BCUT2D eigenvalue weighted by Gasteiger charge is 2.47. The highest BCUT2D eigenvalue weighted by Crippen LogP contribution is 2.48. The third-order valence-electron chi connectivity index (χ3n) is 2.72. The van der Waals surface area contributed by atoms with Crippen molar-refractivity contribution in [2.45, 2.75) is 39.2 Å². The maximum Gasteiger partial charge on any atom is 0.0502 e. The number of aliphatic hydroxyl groups is 1. The SMILES string of the molecule is CC(C)CC(N)C1(CO)CC1. The molecule has 0 saturated heterocycles. The number of hydrogen-bond acceptors (Lipinski definition) is 2. The molecular formula is C9H19NO. The van der Waals surface area contributed by atoms with E-state index in [9.17, 15) is 0 Å². The minimum atomic E-state index is 0.115. The van der Waals surface area contributed by atoms with Gasteiger partial charge in [-0.25, -0.2) is 0 Å². The van der Waals surface area contributed by atoms with E-state index in [0.717, 1.165) is 19.3 Å². The van der Waals surface area contributed by atoms with E-state index in [-0.39, 0.29) is 18.1 Å². The Morgan fingerprint density at radius 1 is 1.45 bits per heavy atom. The maximum atomic E-state index is 9.06. The smallest absolute Gasteiger partial charge is 0.0502 e. The van der Waals surface area contributed by atoms with Crippen molar-refractivity contribution in [3.05, 3.63) is 0 Å². The molecule has 0 amide bonds. The van der Waals surface area contributed by atoms with Crippen LogP contribution in [0.15, 0.2) is 0 Å². The van der Waals surface area contributed by atoms with E-state index in [0.29, 0.717) is 5.92 Å². The molecule has 11 heavy (non-hydrogen) atoms. The molecular weight excluding hydrogens is 138 g/mol. The summed E-state index contributed by atoms with van der Waals surface area (Å²) < 4.78 is 0. The lowest BCUT2D eigenvalue weighted by atomic mass is 9.91. The van der Waals surface area contributed by atoms with Crippen LogP contribution in [-0.2, 0) is 0 Å². The number of nitrogens with two attached hydrogens (primary N) is 1. The monoisotopic (exact) mass is 157 g/mol. The van der Waals surface area contributed by atoms with Crippen molar-refractivity contribution in [3.63, 3.8) is 0 Å². The topological polar surface area (TPSA) is 46.2 Å². The first-order chi connectivity index (χ1) is 5.10. The van der Waals surface area contributed by atoms with E-state index in [1.165, 1.54) is 0 Å². The van der Waals surface area contributed by atoms with Crippen LogP contribution in [0.2, 0.25) is 0 Å². The van der Waals surface area contributed by atoms with Gasteiger partial charge in [0.2, 0.25) is 0 Å². The van der Waals surface area contributed by atoms with Gasteiger partial charge in [0.15, 0.2) is 0 Å². The number of hydrogen-bond donors (Lipinski definition) is 2. The van der Waals surface area contributed by atoms with E-state index in [2.05, 4.69) is 13.8 Å². The molecule has 0 radical (unpaired) electrons. The summed E-state index contributed by atoms with van der Waals surface area (Å²) in [6.45, 7) is 4.63. The Morgan fingerprint density at radius 2 is 2.00 bits per heavy atom. The molecule has 1 aliphatic rings. The molecule has 0 heterocycles. The van der Waals surface area contributed by atoms with Gasteiger partial charge in [-0.2, -0.15) is 0 Å². The van der Waals surface area contributed by atoms with Crippen molar-refractivity contribution < 1.29 is 5.11 Å². The second-order valence-corrected chi connectivity index (χ2v) is 4.26. The molecule has 2 heteroatoms. The van der Waals surface area contributed by atoms with Crippen LogP contribution in [0.25, 0.3) is 0 Å². The van der Waals surface area contributed by atoms with E-state index < -0.39 is 0 Å². The Morgan fingerprint density at radius 3 is 2.27 bits per heavy atom. The van der Waals surface area contributed by atoms with Gasteiger partial charge in [-0.15, -0.1) is 0 Å². The largest absolute Gasteiger partial charge is 0.396 e. The zero-order valence-corrected chi connectivity index (χ0v) is 7.51. The van der Waals surface area contributed by atoms with Crippen LogP contribution in [0.1, 0.15) is 33.1 Å². The standard InChI is InChI=1S/C9H19NO/c1-7(2)5-8(10)9(6-11)3-4-9/h7-8,11H,3-6,10H2,1-2H3. The minimum absolute atomic E-state index is 0.115. The van der Waals surface area contributed by atoms with Crippen molar-refractivity contribution in [2.24, 2.45) is 17.1 Å². The third-order valence-corrected chi connectivity index (χ3v) is 2.72. The summed E-state index contributed by atoms with van der Waals surface area (Å²) in [5.41, 5.74) is 6.08. The number of rotatable bonds is 4. The molecule has 3 N–H and O–H groups in total. The summed E-state index contributed by atoms with van der Waals surface area (Å²) in [6, 6.07) is 0.215. The summed E-state index contributed by atoms with van der Waals surface area (Å²) in [5.74, 6) is 0.647. The van der Waals surface area contributed by atoms with Gasteiger partial charge in [-0.1, -0.05) is 13.8 Å². The molecule has 1 atom stereocenters.